The van der Waals surface area contributed by atoms with E-state index in [0.29, 0.717) is 5.82 Å². The molecule has 0 bridgehead atoms. The van der Waals surface area contributed by atoms with Gasteiger partial charge in [0.2, 0.25) is 0 Å². The molecule has 0 saturated heterocycles. The van der Waals surface area contributed by atoms with Crippen molar-refractivity contribution in [3.63, 3.8) is 0 Å². The third-order valence-corrected chi connectivity index (χ3v) is 3.78. The van der Waals surface area contributed by atoms with Gasteiger partial charge in [-0.15, -0.1) is 0 Å². The van der Waals surface area contributed by atoms with Crippen LogP contribution in [0.5, 0.6) is 0 Å². The van der Waals surface area contributed by atoms with Crippen LogP contribution >= 0.6 is 23.2 Å². The lowest BCUT2D eigenvalue weighted by molar-refractivity contribution is 0.00678. The highest BCUT2D eigenvalue weighted by Crippen LogP contribution is 2.28. The Morgan fingerprint density at radius 3 is 2.24 bits per heavy atom. The number of nitrogens with one attached hydrogen (secondary N) is 1. The molecule has 0 spiro atoms. The number of carbonyl (C=O) groups excluding carboxylic acids is 2. The van der Waals surface area contributed by atoms with Crippen molar-refractivity contribution in [2.75, 3.05) is 5.32 Å². The topological polar surface area (TPSA) is 68.3 Å². The molecule has 132 valence electrons. The van der Waals surface area contributed by atoms with E-state index >= 15 is 0 Å². The van der Waals surface area contributed by atoms with Crippen LogP contribution in [0.2, 0.25) is 10.0 Å². The lowest BCUT2D eigenvalue weighted by atomic mass is 10.1. The van der Waals surface area contributed by atoms with Gasteiger partial charge in [-0.25, -0.2) is 9.78 Å². The second-order valence-corrected chi connectivity index (χ2v) is 7.25. The first-order valence-electron chi connectivity index (χ1n) is 7.54. The average molecular weight is 381 g/mol. The average Bonchev–Trinajstić information content (AvgIpc) is 2.47. The summed E-state index contributed by atoms with van der Waals surface area (Å²) in [7, 11) is 0. The van der Waals surface area contributed by atoms with Crippen LogP contribution in [-0.4, -0.2) is 22.5 Å². The number of hydrogen-bond donors (Lipinski definition) is 1. The van der Waals surface area contributed by atoms with Crippen LogP contribution in [0.4, 0.5) is 5.82 Å². The lowest BCUT2D eigenvalue weighted by Gasteiger charge is -2.20. The molecule has 2 aromatic rings. The van der Waals surface area contributed by atoms with Crippen molar-refractivity contribution in [1.29, 1.82) is 0 Å². The van der Waals surface area contributed by atoms with E-state index in [2.05, 4.69) is 10.3 Å². The SMILES string of the molecule is Cc1cccc(NC(=O)c2cc(Cl)c(Cl)cc2C(=O)OC(C)(C)C)n1. The number of aromatic nitrogens is 1. The molecule has 1 aromatic heterocycles. The summed E-state index contributed by atoms with van der Waals surface area (Å²) in [5.41, 5.74) is 0.135. The van der Waals surface area contributed by atoms with Gasteiger partial charge in [0.25, 0.3) is 5.91 Å². The normalized spacial score (nSPS) is 11.1. The predicted octanol–water partition coefficient (Wildman–Crippen LogP) is 4.90. The second kappa shape index (κ2) is 7.42. The van der Waals surface area contributed by atoms with E-state index < -0.39 is 17.5 Å². The minimum Gasteiger partial charge on any atom is -0.456 e. The van der Waals surface area contributed by atoms with Crippen molar-refractivity contribution in [3.8, 4) is 0 Å². The first-order valence-corrected chi connectivity index (χ1v) is 8.30. The number of pyridine rings is 1. The molecular weight excluding hydrogens is 363 g/mol. The highest BCUT2D eigenvalue weighted by atomic mass is 35.5. The number of carbonyl (C=O) groups is 2. The number of benzene rings is 1. The molecule has 1 N–H and O–H groups in total. The van der Waals surface area contributed by atoms with E-state index in [1.165, 1.54) is 12.1 Å². The lowest BCUT2D eigenvalue weighted by Crippen LogP contribution is -2.26. The molecule has 7 heteroatoms. The van der Waals surface area contributed by atoms with E-state index in [1.807, 2.05) is 0 Å². The van der Waals surface area contributed by atoms with Gasteiger partial charge in [0.1, 0.15) is 11.4 Å². The summed E-state index contributed by atoms with van der Waals surface area (Å²) >= 11 is 12.0. The fourth-order valence-electron chi connectivity index (χ4n) is 2.03. The van der Waals surface area contributed by atoms with Crippen LogP contribution in [0, 0.1) is 6.92 Å². The second-order valence-electron chi connectivity index (χ2n) is 6.43. The molecule has 0 aliphatic carbocycles. The molecule has 1 heterocycles. The fraction of sp³-hybridized carbons (Fsp3) is 0.278. The van der Waals surface area contributed by atoms with Crippen molar-refractivity contribution in [3.05, 3.63) is 57.2 Å². The molecule has 0 atom stereocenters. The van der Waals surface area contributed by atoms with Gasteiger partial charge in [0.15, 0.2) is 0 Å². The molecular formula is C18H18Cl2N2O3. The van der Waals surface area contributed by atoms with E-state index in [9.17, 15) is 9.59 Å². The molecule has 25 heavy (non-hydrogen) atoms. The zero-order chi connectivity index (χ0) is 18.8. The summed E-state index contributed by atoms with van der Waals surface area (Å²) in [6, 6.07) is 7.89. The number of anilines is 1. The summed E-state index contributed by atoms with van der Waals surface area (Å²) in [5.74, 6) is -0.822. The third kappa shape index (κ3) is 5.18. The van der Waals surface area contributed by atoms with Crippen molar-refractivity contribution < 1.29 is 14.3 Å². The number of aryl methyl sites for hydroxylation is 1. The van der Waals surface area contributed by atoms with Crippen LogP contribution in [0.15, 0.2) is 30.3 Å². The molecule has 0 saturated carbocycles. The van der Waals surface area contributed by atoms with Crippen molar-refractivity contribution in [1.82, 2.24) is 4.98 Å². The Hall–Kier alpha value is -2.11. The molecule has 0 unspecified atom stereocenters. The van der Waals surface area contributed by atoms with Crippen molar-refractivity contribution in [2.24, 2.45) is 0 Å². The Morgan fingerprint density at radius 1 is 1.08 bits per heavy atom. The molecule has 2 rings (SSSR count). The van der Waals surface area contributed by atoms with E-state index in [-0.39, 0.29) is 21.2 Å². The maximum Gasteiger partial charge on any atom is 0.339 e. The van der Waals surface area contributed by atoms with Gasteiger partial charge in [-0.1, -0.05) is 29.3 Å². The van der Waals surface area contributed by atoms with Crippen LogP contribution in [0.25, 0.3) is 0 Å². The van der Waals surface area contributed by atoms with Gasteiger partial charge in [-0.3, -0.25) is 4.79 Å². The van der Waals surface area contributed by atoms with Gasteiger partial charge in [-0.2, -0.15) is 0 Å². The zero-order valence-corrected chi connectivity index (χ0v) is 15.8. The van der Waals surface area contributed by atoms with E-state index in [4.69, 9.17) is 27.9 Å². The number of amides is 1. The molecule has 0 aliphatic rings. The summed E-state index contributed by atoms with van der Waals surface area (Å²) in [5, 5.41) is 2.97. The minimum absolute atomic E-state index is 0.0366. The van der Waals surface area contributed by atoms with Crippen LogP contribution in [0.1, 0.15) is 47.2 Å². The first-order chi connectivity index (χ1) is 11.6. The third-order valence-electron chi connectivity index (χ3n) is 3.05. The number of ether oxygens (including phenoxy) is 1. The van der Waals surface area contributed by atoms with Gasteiger partial charge >= 0.3 is 5.97 Å². The standard InChI is InChI=1S/C18H18Cl2N2O3/c1-10-6-5-7-15(21-10)22-16(23)11-8-13(19)14(20)9-12(11)17(24)25-18(2,3)4/h5-9H,1-4H3,(H,21,22,23). The fourth-order valence-corrected chi connectivity index (χ4v) is 2.36. The number of halogens is 2. The Bertz CT molecular complexity index is 830. The number of rotatable bonds is 3. The molecule has 0 radical (unpaired) electrons. The van der Waals surface area contributed by atoms with E-state index in [0.717, 1.165) is 5.69 Å². The Morgan fingerprint density at radius 2 is 1.68 bits per heavy atom. The van der Waals surface area contributed by atoms with Gasteiger partial charge in [0, 0.05) is 5.69 Å². The highest BCUT2D eigenvalue weighted by molar-refractivity contribution is 6.42. The quantitative estimate of drug-likeness (QED) is 0.768. The number of esters is 1. The maximum absolute atomic E-state index is 12.6. The maximum atomic E-state index is 12.6. The summed E-state index contributed by atoms with van der Waals surface area (Å²) in [4.78, 5) is 29.3. The Labute approximate surface area is 156 Å². The molecule has 5 nitrogen and oxygen atoms in total. The van der Waals surface area contributed by atoms with Crippen LogP contribution < -0.4 is 5.32 Å². The van der Waals surface area contributed by atoms with Gasteiger partial charge < -0.3 is 10.1 Å². The van der Waals surface area contributed by atoms with Crippen LogP contribution in [-0.2, 0) is 4.74 Å². The minimum atomic E-state index is -0.713. The van der Waals surface area contributed by atoms with Gasteiger partial charge in [-0.05, 0) is 52.0 Å². The molecule has 0 aliphatic heterocycles. The molecule has 1 amide bonds. The largest absolute Gasteiger partial charge is 0.456 e. The van der Waals surface area contributed by atoms with E-state index in [1.54, 1.807) is 45.9 Å². The summed E-state index contributed by atoms with van der Waals surface area (Å²) in [6.45, 7) is 7.01. The highest BCUT2D eigenvalue weighted by Gasteiger charge is 2.25. The Balaban J connectivity index is 2.40. The summed E-state index contributed by atoms with van der Waals surface area (Å²) in [6.07, 6.45) is 0. The zero-order valence-electron chi connectivity index (χ0n) is 14.3. The van der Waals surface area contributed by atoms with Crippen molar-refractivity contribution in [2.45, 2.75) is 33.3 Å². The Kier molecular flexibility index (Phi) is 5.70. The molecule has 0 fully saturated rings. The monoisotopic (exact) mass is 380 g/mol. The van der Waals surface area contributed by atoms with Crippen LogP contribution in [0.3, 0.4) is 0 Å². The smallest absolute Gasteiger partial charge is 0.339 e. The first kappa shape index (κ1) is 19.2. The van der Waals surface area contributed by atoms with Gasteiger partial charge in [0.05, 0.1) is 21.2 Å². The number of hydrogen-bond acceptors (Lipinski definition) is 4. The number of nitrogens with zero attached hydrogens (tertiary/aromatic N) is 1. The predicted molar refractivity (Wildman–Crippen MR) is 98.6 cm³/mol. The van der Waals surface area contributed by atoms with Crippen molar-refractivity contribution >= 4 is 40.9 Å². The summed E-state index contributed by atoms with van der Waals surface area (Å²) < 4.78 is 5.34. The molecule has 1 aromatic carbocycles.